The Kier molecular flexibility index (Phi) is 3.44. The molecule has 0 saturated heterocycles. The fourth-order valence-corrected chi connectivity index (χ4v) is 4.09. The van der Waals surface area contributed by atoms with Gasteiger partial charge in [0, 0.05) is 17.4 Å². The van der Waals surface area contributed by atoms with Crippen molar-refractivity contribution in [2.75, 3.05) is 0 Å². The van der Waals surface area contributed by atoms with Crippen molar-refractivity contribution in [3.05, 3.63) is 99.3 Å². The molecule has 0 aliphatic carbocycles. The van der Waals surface area contributed by atoms with Gasteiger partial charge in [0.05, 0.1) is 11.0 Å². The topological polar surface area (TPSA) is 37.3 Å². The van der Waals surface area contributed by atoms with Crippen LogP contribution in [0.4, 0.5) is 0 Å². The second-order valence-corrected chi connectivity index (χ2v) is 7.26. The summed E-state index contributed by atoms with van der Waals surface area (Å²) < 4.78 is 1.83. The largest absolute Gasteiger partial charge is 0.339 e. The summed E-state index contributed by atoms with van der Waals surface area (Å²) >= 11 is 0. The van der Waals surface area contributed by atoms with E-state index in [9.17, 15) is 4.79 Å². The highest BCUT2D eigenvalue weighted by Gasteiger charge is 2.16. The molecule has 0 spiro atoms. The predicted molar refractivity (Wildman–Crippen MR) is 112 cm³/mol. The molecular formula is C24H20N2O. The number of hydrogen-bond donors (Lipinski definition) is 1. The van der Waals surface area contributed by atoms with Crippen LogP contribution >= 0.6 is 0 Å². The molecule has 1 N–H and O–H groups in total. The molecule has 3 aromatic carbocycles. The summed E-state index contributed by atoms with van der Waals surface area (Å²) in [7, 11) is 0. The molecule has 3 heteroatoms. The third-order valence-corrected chi connectivity index (χ3v) is 5.46. The van der Waals surface area contributed by atoms with Crippen LogP contribution in [0.3, 0.4) is 0 Å². The molecule has 0 fully saturated rings. The standard InChI is InChI=1S/C24H20N2O/c1-15-11-12-17(16(2)13-15)14-20-18-7-3-4-8-19(18)24(27)26-22-10-6-5-9-21(22)25-23(20)26/h3-13,25H,14H2,1-2H3. The van der Waals surface area contributed by atoms with Gasteiger partial charge in [0.15, 0.2) is 0 Å². The first-order valence-electron chi connectivity index (χ1n) is 9.22. The average Bonchev–Trinajstić information content (AvgIpc) is 3.06. The number of nitrogens with zero attached hydrogens (tertiary/aromatic N) is 1. The molecule has 0 bridgehead atoms. The van der Waals surface area contributed by atoms with E-state index in [0.717, 1.165) is 39.4 Å². The van der Waals surface area contributed by atoms with Crippen molar-refractivity contribution in [3.8, 4) is 0 Å². The highest BCUT2D eigenvalue weighted by molar-refractivity contribution is 5.93. The van der Waals surface area contributed by atoms with Crippen molar-refractivity contribution < 1.29 is 0 Å². The van der Waals surface area contributed by atoms with E-state index >= 15 is 0 Å². The molecule has 132 valence electrons. The van der Waals surface area contributed by atoms with Gasteiger partial charge in [-0.15, -0.1) is 0 Å². The maximum atomic E-state index is 13.2. The van der Waals surface area contributed by atoms with Crippen molar-refractivity contribution >= 4 is 27.5 Å². The van der Waals surface area contributed by atoms with E-state index in [2.05, 4.69) is 43.1 Å². The zero-order valence-electron chi connectivity index (χ0n) is 15.4. The summed E-state index contributed by atoms with van der Waals surface area (Å²) in [5.74, 6) is 0. The van der Waals surface area contributed by atoms with Gasteiger partial charge in [-0.2, -0.15) is 0 Å². The minimum atomic E-state index is 0.0300. The van der Waals surface area contributed by atoms with E-state index in [4.69, 9.17) is 0 Å². The number of aromatic amines is 1. The molecular weight excluding hydrogens is 332 g/mol. The van der Waals surface area contributed by atoms with Gasteiger partial charge < -0.3 is 4.98 Å². The molecule has 2 heterocycles. The first-order chi connectivity index (χ1) is 13.1. The van der Waals surface area contributed by atoms with Gasteiger partial charge in [-0.3, -0.25) is 9.20 Å². The summed E-state index contributed by atoms with van der Waals surface area (Å²) in [5.41, 5.74) is 7.80. The molecule has 3 nitrogen and oxygen atoms in total. The van der Waals surface area contributed by atoms with Crippen molar-refractivity contribution in [2.24, 2.45) is 0 Å². The lowest BCUT2D eigenvalue weighted by Crippen LogP contribution is -2.15. The zero-order chi connectivity index (χ0) is 18.5. The smallest absolute Gasteiger partial charge is 0.264 e. The van der Waals surface area contributed by atoms with Crippen LogP contribution < -0.4 is 5.56 Å². The zero-order valence-corrected chi connectivity index (χ0v) is 15.4. The van der Waals surface area contributed by atoms with E-state index in [1.165, 1.54) is 16.7 Å². The molecule has 5 rings (SSSR count). The molecule has 0 atom stereocenters. The number of para-hydroxylation sites is 2. The minimum Gasteiger partial charge on any atom is -0.339 e. The van der Waals surface area contributed by atoms with Gasteiger partial charge in [-0.1, -0.05) is 54.1 Å². The quantitative estimate of drug-likeness (QED) is 0.469. The summed E-state index contributed by atoms with van der Waals surface area (Å²) in [6.07, 6.45) is 0.781. The molecule has 0 saturated carbocycles. The van der Waals surface area contributed by atoms with Crippen LogP contribution in [0.25, 0.3) is 27.5 Å². The maximum Gasteiger partial charge on any atom is 0.264 e. The number of nitrogens with one attached hydrogen (secondary N) is 1. The van der Waals surface area contributed by atoms with Gasteiger partial charge in [-0.25, -0.2) is 0 Å². The molecule has 0 unspecified atom stereocenters. The maximum absolute atomic E-state index is 13.2. The molecule has 5 aromatic rings. The number of rotatable bonds is 2. The van der Waals surface area contributed by atoms with Crippen molar-refractivity contribution in [2.45, 2.75) is 20.3 Å². The highest BCUT2D eigenvalue weighted by Crippen LogP contribution is 2.27. The average molecular weight is 352 g/mol. The summed E-state index contributed by atoms with van der Waals surface area (Å²) in [6, 6.07) is 22.5. The Labute approximate surface area is 156 Å². The predicted octanol–water partition coefficient (Wildman–Crippen LogP) is 5.14. The second kappa shape index (κ2) is 5.85. The molecule has 27 heavy (non-hydrogen) atoms. The summed E-state index contributed by atoms with van der Waals surface area (Å²) in [5, 5.41) is 1.79. The van der Waals surface area contributed by atoms with Gasteiger partial charge in [-0.05, 0) is 48.6 Å². The van der Waals surface area contributed by atoms with Crippen LogP contribution in [0.15, 0.2) is 71.5 Å². The third-order valence-electron chi connectivity index (χ3n) is 5.46. The van der Waals surface area contributed by atoms with Gasteiger partial charge in [0.25, 0.3) is 5.56 Å². The Morgan fingerprint density at radius 1 is 0.889 bits per heavy atom. The van der Waals surface area contributed by atoms with E-state index in [-0.39, 0.29) is 5.56 Å². The fraction of sp³-hybridized carbons (Fsp3) is 0.125. The molecule has 0 radical (unpaired) electrons. The van der Waals surface area contributed by atoms with Gasteiger partial charge in [0.2, 0.25) is 0 Å². The van der Waals surface area contributed by atoms with Crippen molar-refractivity contribution in [3.63, 3.8) is 0 Å². The summed E-state index contributed by atoms with van der Waals surface area (Å²) in [4.78, 5) is 16.7. The van der Waals surface area contributed by atoms with E-state index in [1.807, 2.05) is 46.9 Å². The number of hydrogen-bond acceptors (Lipinski definition) is 1. The SMILES string of the molecule is Cc1ccc(Cc2c3ccccc3c(=O)n3c2[nH]c2ccccc23)c(C)c1. The molecule has 2 aromatic heterocycles. The molecule has 0 amide bonds. The Morgan fingerprint density at radius 2 is 1.63 bits per heavy atom. The van der Waals surface area contributed by atoms with E-state index in [1.54, 1.807) is 0 Å². The number of pyridine rings is 1. The Hall–Kier alpha value is -3.33. The van der Waals surface area contributed by atoms with Crippen LogP contribution in [0.2, 0.25) is 0 Å². The lowest BCUT2D eigenvalue weighted by Gasteiger charge is -2.12. The number of fused-ring (bicyclic) bond motifs is 4. The first-order valence-corrected chi connectivity index (χ1v) is 9.22. The second-order valence-electron chi connectivity index (χ2n) is 7.26. The van der Waals surface area contributed by atoms with Crippen LogP contribution in [-0.2, 0) is 6.42 Å². The third kappa shape index (κ3) is 2.39. The van der Waals surface area contributed by atoms with Crippen LogP contribution in [0.1, 0.15) is 22.3 Å². The number of imidazole rings is 1. The summed E-state index contributed by atoms with van der Waals surface area (Å²) in [6.45, 7) is 4.27. The van der Waals surface area contributed by atoms with E-state index in [0.29, 0.717) is 0 Å². The Bertz CT molecular complexity index is 1390. The van der Waals surface area contributed by atoms with Crippen LogP contribution in [-0.4, -0.2) is 9.38 Å². The highest BCUT2D eigenvalue weighted by atomic mass is 16.1. The molecule has 0 aliphatic rings. The van der Waals surface area contributed by atoms with Crippen LogP contribution in [0, 0.1) is 13.8 Å². The molecule has 0 aliphatic heterocycles. The Balaban J connectivity index is 1.91. The first kappa shape index (κ1) is 15.9. The number of aryl methyl sites for hydroxylation is 2. The van der Waals surface area contributed by atoms with E-state index < -0.39 is 0 Å². The van der Waals surface area contributed by atoms with Crippen molar-refractivity contribution in [1.82, 2.24) is 9.38 Å². The minimum absolute atomic E-state index is 0.0300. The lowest BCUT2D eigenvalue weighted by molar-refractivity contribution is 1.11. The van der Waals surface area contributed by atoms with Crippen molar-refractivity contribution in [1.29, 1.82) is 0 Å². The lowest BCUT2D eigenvalue weighted by atomic mass is 9.96. The number of benzene rings is 3. The van der Waals surface area contributed by atoms with Gasteiger partial charge >= 0.3 is 0 Å². The number of H-pyrrole nitrogens is 1. The fourth-order valence-electron chi connectivity index (χ4n) is 4.09. The van der Waals surface area contributed by atoms with Crippen LogP contribution in [0.5, 0.6) is 0 Å². The number of aromatic nitrogens is 2. The monoisotopic (exact) mass is 352 g/mol. The Morgan fingerprint density at radius 3 is 2.44 bits per heavy atom. The normalized spacial score (nSPS) is 11.6. The van der Waals surface area contributed by atoms with Gasteiger partial charge in [0.1, 0.15) is 5.65 Å².